The monoisotopic (exact) mass is 370 g/mol. The zero-order valence-electron chi connectivity index (χ0n) is 12.1. The normalized spacial score (nSPS) is 15.2. The summed E-state index contributed by atoms with van der Waals surface area (Å²) >= 11 is 3.01. The highest BCUT2D eigenvalue weighted by Crippen LogP contribution is 2.34. The van der Waals surface area contributed by atoms with Crippen LogP contribution in [0.25, 0.3) is 0 Å². The fourth-order valence-electron chi connectivity index (χ4n) is 2.19. The smallest absolute Gasteiger partial charge is 0.316 e. The van der Waals surface area contributed by atoms with Crippen molar-refractivity contribution < 1.29 is 23.5 Å². The summed E-state index contributed by atoms with van der Waals surface area (Å²) in [6.45, 7) is 0. The molecule has 1 atom stereocenters. The van der Waals surface area contributed by atoms with E-state index in [1.807, 2.05) is 0 Å². The van der Waals surface area contributed by atoms with Crippen molar-refractivity contribution in [2.24, 2.45) is 11.8 Å². The summed E-state index contributed by atoms with van der Waals surface area (Å²) in [5, 5.41) is 0. The number of benzene rings is 1. The minimum atomic E-state index is -1.08. The Morgan fingerprint density at radius 2 is 2.05 bits per heavy atom. The molecule has 1 aromatic rings. The van der Waals surface area contributed by atoms with Crippen LogP contribution in [0, 0.1) is 17.7 Å². The number of rotatable bonds is 7. The number of ether oxygens (including phenoxy) is 1. The van der Waals surface area contributed by atoms with Gasteiger partial charge in [-0.3, -0.25) is 14.4 Å². The molecule has 0 aromatic heterocycles. The minimum absolute atomic E-state index is 0.164. The van der Waals surface area contributed by atoms with Crippen molar-refractivity contribution in [2.45, 2.75) is 25.7 Å². The summed E-state index contributed by atoms with van der Waals surface area (Å²) in [5.41, 5.74) is 0.251. The van der Waals surface area contributed by atoms with E-state index < -0.39 is 17.7 Å². The van der Waals surface area contributed by atoms with Gasteiger partial charge < -0.3 is 4.74 Å². The zero-order chi connectivity index (χ0) is 16.3. The van der Waals surface area contributed by atoms with Gasteiger partial charge >= 0.3 is 5.97 Å². The predicted molar refractivity (Wildman–Crippen MR) is 80.9 cm³/mol. The molecule has 1 aromatic carbocycles. The molecule has 4 nitrogen and oxygen atoms in total. The Bertz CT molecular complexity index is 610. The Labute approximate surface area is 136 Å². The number of carbonyl (C=O) groups excluding carboxylic acids is 3. The van der Waals surface area contributed by atoms with Crippen LogP contribution in [0.5, 0.6) is 0 Å². The van der Waals surface area contributed by atoms with Crippen LogP contribution in [0.2, 0.25) is 0 Å². The van der Waals surface area contributed by atoms with Crippen molar-refractivity contribution in [3.63, 3.8) is 0 Å². The van der Waals surface area contributed by atoms with Gasteiger partial charge in [-0.05, 0) is 52.9 Å². The molecule has 118 valence electrons. The van der Waals surface area contributed by atoms with E-state index in [0.29, 0.717) is 12.3 Å². The van der Waals surface area contributed by atoms with E-state index in [4.69, 9.17) is 0 Å². The van der Waals surface area contributed by atoms with Gasteiger partial charge in [-0.2, -0.15) is 0 Å². The van der Waals surface area contributed by atoms with Crippen molar-refractivity contribution in [2.75, 3.05) is 7.11 Å². The third kappa shape index (κ3) is 4.22. The molecule has 1 aliphatic rings. The zero-order valence-corrected chi connectivity index (χ0v) is 13.7. The molecule has 0 heterocycles. The van der Waals surface area contributed by atoms with E-state index in [9.17, 15) is 18.8 Å². The third-order valence-electron chi connectivity index (χ3n) is 3.69. The van der Waals surface area contributed by atoms with Crippen LogP contribution in [-0.4, -0.2) is 24.6 Å². The molecule has 0 bridgehead atoms. The SMILES string of the molecule is COC(=O)C(CC(=O)c1ccc(F)c(Br)c1)C(=O)CC1CC1. The molecule has 2 rings (SSSR count). The molecule has 0 N–H and O–H groups in total. The summed E-state index contributed by atoms with van der Waals surface area (Å²) in [6, 6.07) is 3.84. The van der Waals surface area contributed by atoms with Gasteiger partial charge in [0.25, 0.3) is 0 Å². The Balaban J connectivity index is 2.10. The first-order valence-corrected chi connectivity index (χ1v) is 7.80. The van der Waals surface area contributed by atoms with Crippen molar-refractivity contribution in [3.8, 4) is 0 Å². The summed E-state index contributed by atoms with van der Waals surface area (Å²) in [7, 11) is 1.19. The first kappa shape index (κ1) is 16.8. The number of hydrogen-bond donors (Lipinski definition) is 0. The van der Waals surface area contributed by atoms with E-state index in [1.165, 1.54) is 19.2 Å². The number of halogens is 2. The van der Waals surface area contributed by atoms with Crippen LogP contribution in [0.1, 0.15) is 36.0 Å². The molecule has 1 saturated carbocycles. The lowest BCUT2D eigenvalue weighted by Crippen LogP contribution is -2.28. The summed E-state index contributed by atoms with van der Waals surface area (Å²) in [6.07, 6.45) is 2.02. The topological polar surface area (TPSA) is 60.4 Å². The van der Waals surface area contributed by atoms with Gasteiger partial charge in [0.05, 0.1) is 11.6 Å². The largest absolute Gasteiger partial charge is 0.468 e. The lowest BCUT2D eigenvalue weighted by molar-refractivity contribution is -0.149. The van der Waals surface area contributed by atoms with Gasteiger partial charge in [0.2, 0.25) is 0 Å². The maximum Gasteiger partial charge on any atom is 0.316 e. The minimum Gasteiger partial charge on any atom is -0.468 e. The highest BCUT2D eigenvalue weighted by Gasteiger charge is 2.34. The highest BCUT2D eigenvalue weighted by molar-refractivity contribution is 9.10. The van der Waals surface area contributed by atoms with Gasteiger partial charge in [0.15, 0.2) is 5.78 Å². The fourth-order valence-corrected chi connectivity index (χ4v) is 2.57. The lowest BCUT2D eigenvalue weighted by atomic mass is 9.92. The molecule has 0 amide bonds. The van der Waals surface area contributed by atoms with Crippen LogP contribution in [0.3, 0.4) is 0 Å². The second-order valence-corrected chi connectivity index (χ2v) is 6.30. The van der Waals surface area contributed by atoms with Crippen LogP contribution in [0.15, 0.2) is 22.7 Å². The molecule has 1 aliphatic carbocycles. The van der Waals surface area contributed by atoms with E-state index >= 15 is 0 Å². The van der Waals surface area contributed by atoms with E-state index in [1.54, 1.807) is 0 Å². The standard InChI is InChI=1S/C16H16BrFO4/c1-22-16(21)11(15(20)6-9-2-3-9)8-14(19)10-4-5-13(18)12(17)7-10/h4-5,7,9,11H,2-3,6,8H2,1H3. The number of ketones is 2. The van der Waals surface area contributed by atoms with Gasteiger partial charge in [0, 0.05) is 18.4 Å². The van der Waals surface area contributed by atoms with E-state index in [0.717, 1.165) is 18.9 Å². The Morgan fingerprint density at radius 3 is 2.59 bits per heavy atom. The van der Waals surface area contributed by atoms with Crippen molar-refractivity contribution in [3.05, 3.63) is 34.1 Å². The average Bonchev–Trinajstić information content (AvgIpc) is 3.30. The number of hydrogen-bond acceptors (Lipinski definition) is 4. The number of esters is 1. The molecule has 1 fully saturated rings. The Hall–Kier alpha value is -1.56. The van der Waals surface area contributed by atoms with E-state index in [2.05, 4.69) is 20.7 Å². The highest BCUT2D eigenvalue weighted by atomic mass is 79.9. The molecule has 0 radical (unpaired) electrons. The molecular weight excluding hydrogens is 355 g/mol. The first-order chi connectivity index (χ1) is 10.4. The van der Waals surface area contributed by atoms with Crippen molar-refractivity contribution in [1.82, 2.24) is 0 Å². The molecule has 22 heavy (non-hydrogen) atoms. The van der Waals surface area contributed by atoms with Crippen molar-refractivity contribution in [1.29, 1.82) is 0 Å². The lowest BCUT2D eigenvalue weighted by Gasteiger charge is -2.13. The van der Waals surface area contributed by atoms with Gasteiger partial charge in [0.1, 0.15) is 17.5 Å². The molecule has 1 unspecified atom stereocenters. The van der Waals surface area contributed by atoms with Crippen molar-refractivity contribution >= 4 is 33.5 Å². The molecule has 0 aliphatic heterocycles. The number of methoxy groups -OCH3 is 1. The number of Topliss-reactive ketones (excluding diaryl/α,β-unsaturated/α-hetero) is 2. The van der Waals surface area contributed by atoms with Crippen LogP contribution < -0.4 is 0 Å². The Kier molecular flexibility index (Phi) is 5.45. The second kappa shape index (κ2) is 7.13. The summed E-state index contributed by atoms with van der Waals surface area (Å²) in [4.78, 5) is 36.2. The van der Waals surface area contributed by atoms with Gasteiger partial charge in [-0.25, -0.2) is 4.39 Å². The second-order valence-electron chi connectivity index (χ2n) is 5.45. The molecule has 6 heteroatoms. The van der Waals surface area contributed by atoms with Gasteiger partial charge in [-0.1, -0.05) is 0 Å². The Morgan fingerprint density at radius 1 is 1.36 bits per heavy atom. The molecule has 0 saturated heterocycles. The maximum atomic E-state index is 13.2. The van der Waals surface area contributed by atoms with Gasteiger partial charge in [-0.15, -0.1) is 0 Å². The number of carbonyl (C=O) groups is 3. The predicted octanol–water partition coefficient (Wildman–Crippen LogP) is 3.32. The van der Waals surface area contributed by atoms with E-state index in [-0.39, 0.29) is 28.0 Å². The maximum absolute atomic E-state index is 13.2. The first-order valence-electron chi connectivity index (χ1n) is 7.01. The quantitative estimate of drug-likeness (QED) is 0.419. The summed E-state index contributed by atoms with van der Waals surface area (Å²) < 4.78 is 18.0. The van der Waals surface area contributed by atoms with Crippen LogP contribution >= 0.6 is 15.9 Å². The third-order valence-corrected chi connectivity index (χ3v) is 4.30. The molecule has 0 spiro atoms. The summed E-state index contributed by atoms with van der Waals surface area (Å²) in [5.74, 6) is -2.58. The average molecular weight is 371 g/mol. The van der Waals surface area contributed by atoms with Crippen LogP contribution in [0.4, 0.5) is 4.39 Å². The van der Waals surface area contributed by atoms with Crippen LogP contribution in [-0.2, 0) is 14.3 Å². The molecular formula is C16H16BrFO4. The fraction of sp³-hybridized carbons (Fsp3) is 0.438.